The van der Waals surface area contributed by atoms with Crippen LogP contribution in [0.1, 0.15) is 38.2 Å². The highest BCUT2D eigenvalue weighted by Gasteiger charge is 2.25. The lowest BCUT2D eigenvalue weighted by Crippen LogP contribution is -2.09. The Kier molecular flexibility index (Phi) is 6.58. The zero-order valence-corrected chi connectivity index (χ0v) is 22.6. The van der Waals surface area contributed by atoms with Gasteiger partial charge in [-0.05, 0) is 65.9 Å². The van der Waals surface area contributed by atoms with E-state index >= 15 is 0 Å². The molecule has 0 spiro atoms. The zero-order valence-electron chi connectivity index (χ0n) is 21.0. The minimum absolute atomic E-state index is 0.0363. The first kappa shape index (κ1) is 25.7. The van der Waals surface area contributed by atoms with Gasteiger partial charge in [-0.15, -0.1) is 0 Å². The summed E-state index contributed by atoms with van der Waals surface area (Å²) in [5.74, 6) is 0.891. The quantitative estimate of drug-likeness (QED) is 0.312. The first-order valence-corrected chi connectivity index (χ1v) is 14.2. The number of aryl methyl sites for hydroxylation is 2. The Balaban J connectivity index is 1.37. The van der Waals surface area contributed by atoms with Crippen molar-refractivity contribution >= 4 is 39.1 Å². The van der Waals surface area contributed by atoms with E-state index in [1.165, 1.54) is 17.1 Å². The summed E-state index contributed by atoms with van der Waals surface area (Å²) in [6.07, 6.45) is 6.48. The van der Waals surface area contributed by atoms with Gasteiger partial charge in [0.2, 0.25) is 5.88 Å². The number of ether oxygens (including phenoxy) is 1. The maximum Gasteiger partial charge on any atom is 0.219 e. The number of carbonyl (C=O) groups is 1. The lowest BCUT2D eigenvalue weighted by molar-refractivity contribution is 0.103. The summed E-state index contributed by atoms with van der Waals surface area (Å²) < 4.78 is 30.9. The van der Waals surface area contributed by atoms with E-state index in [9.17, 15) is 13.2 Å². The third-order valence-corrected chi connectivity index (χ3v) is 7.44. The Hall–Kier alpha value is -3.95. The number of halogens is 1. The van der Waals surface area contributed by atoms with E-state index in [0.29, 0.717) is 34.3 Å². The highest BCUT2D eigenvalue weighted by molar-refractivity contribution is 7.89. The third kappa shape index (κ3) is 5.20. The molecule has 5 rings (SSSR count). The number of pyridine rings is 1. The number of nitrogens with two attached hydrogens (primary N) is 1. The highest BCUT2D eigenvalue weighted by Crippen LogP contribution is 2.32. The number of sulfone groups is 1. The minimum Gasteiger partial charge on any atom is -0.439 e. The fraction of sp³-hybridized carbons (Fsp3) is 0.179. The Labute approximate surface area is 225 Å². The molecular formula is C28H25ClN4O4S. The van der Waals surface area contributed by atoms with Gasteiger partial charge in [0.25, 0.3) is 0 Å². The van der Waals surface area contributed by atoms with Crippen LogP contribution in [0.2, 0.25) is 5.02 Å². The van der Waals surface area contributed by atoms with Crippen LogP contribution in [-0.4, -0.2) is 35.2 Å². The van der Waals surface area contributed by atoms with Crippen LogP contribution < -0.4 is 10.5 Å². The van der Waals surface area contributed by atoms with Gasteiger partial charge in [-0.1, -0.05) is 29.8 Å². The number of nitrogens with zero attached hydrogens (tertiary/aromatic N) is 3. The van der Waals surface area contributed by atoms with E-state index in [1.54, 1.807) is 36.5 Å². The summed E-state index contributed by atoms with van der Waals surface area (Å²) in [6, 6.07) is 12.6. The van der Waals surface area contributed by atoms with Crippen molar-refractivity contribution in [1.82, 2.24) is 14.8 Å². The summed E-state index contributed by atoms with van der Waals surface area (Å²) in [6.45, 7) is 3.75. The van der Waals surface area contributed by atoms with Gasteiger partial charge in [-0.25, -0.2) is 18.1 Å². The number of fused-ring (bicyclic) bond motifs is 1. The van der Waals surface area contributed by atoms with E-state index < -0.39 is 9.84 Å². The fourth-order valence-corrected chi connectivity index (χ4v) is 5.55. The molecule has 0 amide bonds. The molecule has 0 aliphatic heterocycles. The van der Waals surface area contributed by atoms with Crippen LogP contribution in [0.15, 0.2) is 60.4 Å². The Morgan fingerprint density at radius 2 is 1.92 bits per heavy atom. The predicted octanol–water partition coefficient (Wildman–Crippen LogP) is 5.28. The monoisotopic (exact) mass is 548 g/mol. The average Bonchev–Trinajstić information content (AvgIpc) is 3.41. The second-order valence-electron chi connectivity index (χ2n) is 9.45. The molecule has 0 saturated heterocycles. The number of hydrogen-bond donors (Lipinski definition) is 1. The lowest BCUT2D eigenvalue weighted by Gasteiger charge is -2.11. The fourth-order valence-electron chi connectivity index (χ4n) is 4.49. The van der Waals surface area contributed by atoms with Gasteiger partial charge in [-0.3, -0.25) is 4.79 Å². The van der Waals surface area contributed by atoms with Crippen molar-refractivity contribution in [1.29, 1.82) is 0 Å². The maximum absolute atomic E-state index is 13.4. The molecule has 2 heterocycles. The second-order valence-corrected chi connectivity index (χ2v) is 12.0. The molecule has 10 heteroatoms. The van der Waals surface area contributed by atoms with Gasteiger partial charge in [-0.2, -0.15) is 5.10 Å². The second kappa shape index (κ2) is 9.74. The topological polar surface area (TPSA) is 117 Å². The van der Waals surface area contributed by atoms with Crippen LogP contribution in [0.25, 0.3) is 11.8 Å². The van der Waals surface area contributed by atoms with Crippen LogP contribution in [-0.2, 0) is 22.0 Å². The number of aromatic nitrogens is 3. The summed E-state index contributed by atoms with van der Waals surface area (Å²) in [5, 5.41) is 4.92. The molecule has 0 bridgehead atoms. The Morgan fingerprint density at radius 3 is 2.63 bits per heavy atom. The van der Waals surface area contributed by atoms with Gasteiger partial charge < -0.3 is 10.5 Å². The van der Waals surface area contributed by atoms with Crippen molar-refractivity contribution < 1.29 is 17.9 Å². The van der Waals surface area contributed by atoms with Crippen molar-refractivity contribution in [2.45, 2.75) is 26.0 Å². The molecule has 4 aromatic rings. The zero-order chi connectivity index (χ0) is 27.2. The van der Waals surface area contributed by atoms with Gasteiger partial charge in [0.15, 0.2) is 15.6 Å². The van der Waals surface area contributed by atoms with Gasteiger partial charge in [0, 0.05) is 29.3 Å². The number of benzene rings is 2. The van der Waals surface area contributed by atoms with Crippen molar-refractivity contribution in [3.05, 3.63) is 98.8 Å². The molecule has 1 aliphatic rings. The number of nitrogen functional groups attached to an aromatic ring is 1. The van der Waals surface area contributed by atoms with E-state index in [-0.39, 0.29) is 22.9 Å². The number of hydrogen-bond acceptors (Lipinski definition) is 7. The van der Waals surface area contributed by atoms with Crippen molar-refractivity contribution in [2.75, 3.05) is 12.0 Å². The molecule has 1 aliphatic carbocycles. The van der Waals surface area contributed by atoms with E-state index in [0.717, 1.165) is 27.8 Å². The largest absolute Gasteiger partial charge is 0.439 e. The number of ketones is 1. The Bertz CT molecular complexity index is 1740. The van der Waals surface area contributed by atoms with Crippen molar-refractivity contribution in [2.24, 2.45) is 0 Å². The van der Waals surface area contributed by atoms with E-state index in [1.807, 2.05) is 32.1 Å². The smallest absolute Gasteiger partial charge is 0.219 e. The highest BCUT2D eigenvalue weighted by atomic mass is 35.5. The van der Waals surface area contributed by atoms with Gasteiger partial charge in [0.05, 0.1) is 29.4 Å². The number of allylic oxidation sites excluding steroid dienone is 1. The minimum atomic E-state index is -3.17. The van der Waals surface area contributed by atoms with Crippen LogP contribution in [0.3, 0.4) is 0 Å². The number of anilines is 1. The molecule has 0 atom stereocenters. The lowest BCUT2D eigenvalue weighted by atomic mass is 10.0. The SMILES string of the molecule is Cc1cc2c(cc1CS(C)(=O)=O)CC(C(=O)c1cnn(-c3cnc(Oc4cccc(Cl)c4)cc3C)c1N)=C2. The first-order valence-electron chi connectivity index (χ1n) is 11.8. The summed E-state index contributed by atoms with van der Waals surface area (Å²) in [5.41, 5.74) is 12.1. The predicted molar refractivity (Wildman–Crippen MR) is 148 cm³/mol. The molecule has 0 saturated carbocycles. The van der Waals surface area contributed by atoms with E-state index in [2.05, 4.69) is 10.1 Å². The number of rotatable bonds is 7. The molecule has 2 aromatic heterocycles. The Morgan fingerprint density at radius 1 is 1.13 bits per heavy atom. The molecule has 8 nitrogen and oxygen atoms in total. The molecule has 38 heavy (non-hydrogen) atoms. The van der Waals surface area contributed by atoms with Gasteiger partial charge >= 0.3 is 0 Å². The van der Waals surface area contributed by atoms with Crippen LogP contribution in [0.5, 0.6) is 11.6 Å². The van der Waals surface area contributed by atoms with Crippen LogP contribution >= 0.6 is 11.6 Å². The molecular weight excluding hydrogens is 524 g/mol. The van der Waals surface area contributed by atoms with E-state index in [4.69, 9.17) is 22.1 Å². The molecule has 0 radical (unpaired) electrons. The van der Waals surface area contributed by atoms with Gasteiger partial charge in [0.1, 0.15) is 11.6 Å². The number of carbonyl (C=O) groups excluding carboxylic acids is 1. The summed E-state index contributed by atoms with van der Waals surface area (Å²) in [7, 11) is -3.17. The maximum atomic E-state index is 13.4. The summed E-state index contributed by atoms with van der Waals surface area (Å²) >= 11 is 6.02. The summed E-state index contributed by atoms with van der Waals surface area (Å²) in [4.78, 5) is 17.8. The standard InChI is InChI=1S/C28H25ClN4O4S/c1-16-7-18-9-20(10-19(18)11-21(16)15-38(3,35)36)27(34)24-13-32-33(28(24)30)25-14-31-26(8-17(25)2)37-23-6-4-5-22(29)12-23/h4-9,11-14H,10,15,30H2,1-3H3. The molecule has 2 N–H and O–H groups in total. The average molecular weight is 549 g/mol. The third-order valence-electron chi connectivity index (χ3n) is 6.37. The van der Waals surface area contributed by atoms with Crippen molar-refractivity contribution in [3.63, 3.8) is 0 Å². The normalized spacial score (nSPS) is 12.8. The van der Waals surface area contributed by atoms with Crippen LogP contribution in [0.4, 0.5) is 5.82 Å². The first-order chi connectivity index (χ1) is 18.0. The van der Waals surface area contributed by atoms with Crippen molar-refractivity contribution in [3.8, 4) is 17.3 Å². The molecule has 0 fully saturated rings. The molecule has 2 aromatic carbocycles. The molecule has 0 unspecified atom stereocenters. The van der Waals surface area contributed by atoms with Crippen LogP contribution in [0, 0.1) is 13.8 Å². The molecule has 194 valence electrons. The number of Topliss-reactive ketones (excluding diaryl/α,β-unsaturated/α-hetero) is 1.